The molecule has 0 amide bonds. The summed E-state index contributed by atoms with van der Waals surface area (Å²) in [7, 11) is 0. The molecule has 0 aromatic carbocycles. The molecule has 0 N–H and O–H groups in total. The van der Waals surface area contributed by atoms with Crippen molar-refractivity contribution in [3.8, 4) is 0 Å². The van der Waals surface area contributed by atoms with Crippen molar-refractivity contribution in [3.05, 3.63) is 0 Å². The second kappa shape index (κ2) is 6.72. The van der Waals surface area contributed by atoms with Crippen molar-refractivity contribution in [1.82, 2.24) is 0 Å². The Hall–Kier alpha value is -1.06. The molecule has 5 aliphatic rings. The summed E-state index contributed by atoms with van der Waals surface area (Å²) in [6.07, 6.45) is 8.11. The predicted molar refractivity (Wildman–Crippen MR) is 112 cm³/mol. The summed E-state index contributed by atoms with van der Waals surface area (Å²) in [5.41, 5.74) is -0.658. The van der Waals surface area contributed by atoms with Crippen LogP contribution in [-0.2, 0) is 19.1 Å². The van der Waals surface area contributed by atoms with Gasteiger partial charge >= 0.3 is 11.9 Å². The number of esters is 2. The van der Waals surface area contributed by atoms with E-state index in [9.17, 15) is 9.59 Å². The minimum Gasteiger partial charge on any atom is -0.465 e. The molecule has 0 radical (unpaired) electrons. The molecule has 0 heterocycles. The predicted octanol–water partition coefficient (Wildman–Crippen LogP) is 5.53. The molecule has 5 fully saturated rings. The Labute approximate surface area is 176 Å². The molecule has 0 aromatic rings. The van der Waals surface area contributed by atoms with Crippen molar-refractivity contribution in [3.63, 3.8) is 0 Å². The van der Waals surface area contributed by atoms with Gasteiger partial charge in [-0.2, -0.15) is 0 Å². The fourth-order valence-corrected chi connectivity index (χ4v) is 7.29. The van der Waals surface area contributed by atoms with Gasteiger partial charge in [-0.05, 0) is 86.4 Å². The number of hydrogen-bond donors (Lipinski definition) is 0. The van der Waals surface area contributed by atoms with Gasteiger partial charge in [0.05, 0.1) is 11.8 Å². The van der Waals surface area contributed by atoms with Crippen LogP contribution >= 0.6 is 0 Å². The largest absolute Gasteiger partial charge is 0.465 e. The smallest absolute Gasteiger partial charge is 0.312 e. The molecule has 4 nitrogen and oxygen atoms in total. The third-order valence-corrected chi connectivity index (χ3v) is 8.77. The van der Waals surface area contributed by atoms with Crippen LogP contribution in [-0.4, -0.2) is 24.1 Å². The highest BCUT2D eigenvalue weighted by Crippen LogP contribution is 2.68. The lowest BCUT2D eigenvalue weighted by molar-refractivity contribution is -0.204. The maximum Gasteiger partial charge on any atom is 0.312 e. The molecule has 1 atom stereocenters. The van der Waals surface area contributed by atoms with Crippen molar-refractivity contribution in [2.75, 3.05) is 6.61 Å². The normalized spacial score (nSPS) is 41.9. The van der Waals surface area contributed by atoms with E-state index in [0.29, 0.717) is 11.8 Å². The maximum absolute atomic E-state index is 12.9. The maximum atomic E-state index is 12.9. The highest BCUT2D eigenvalue weighted by Gasteiger charge is 2.67. The molecule has 0 aliphatic heterocycles. The molecule has 164 valence electrons. The average molecular weight is 405 g/mol. The molecule has 29 heavy (non-hydrogen) atoms. The topological polar surface area (TPSA) is 52.6 Å². The Morgan fingerprint density at radius 3 is 1.90 bits per heavy atom. The van der Waals surface area contributed by atoms with E-state index in [-0.39, 0.29) is 41.4 Å². The van der Waals surface area contributed by atoms with Crippen LogP contribution in [0.1, 0.15) is 92.9 Å². The van der Waals surface area contributed by atoms with Crippen LogP contribution in [0.3, 0.4) is 0 Å². The van der Waals surface area contributed by atoms with Gasteiger partial charge in [0.25, 0.3) is 0 Å². The Kier molecular flexibility index (Phi) is 4.91. The minimum atomic E-state index is -0.400. The zero-order chi connectivity index (χ0) is 21.2. The highest BCUT2D eigenvalue weighted by atomic mass is 16.6. The third kappa shape index (κ3) is 3.74. The van der Waals surface area contributed by atoms with Crippen molar-refractivity contribution >= 4 is 11.9 Å². The molecule has 0 spiro atoms. The average Bonchev–Trinajstić information content (AvgIpc) is 3.11. The lowest BCUT2D eigenvalue weighted by atomic mass is 9.50. The third-order valence-electron chi connectivity index (χ3n) is 8.77. The number of carbonyl (C=O) groups excluding carboxylic acids is 2. The Bertz CT molecular complexity index is 657. The Balaban J connectivity index is 1.29. The van der Waals surface area contributed by atoms with E-state index < -0.39 is 5.41 Å². The van der Waals surface area contributed by atoms with Crippen LogP contribution < -0.4 is 0 Å². The lowest BCUT2D eigenvalue weighted by Gasteiger charge is -2.59. The second-order valence-electron chi connectivity index (χ2n) is 12.7. The first-order chi connectivity index (χ1) is 13.3. The summed E-state index contributed by atoms with van der Waals surface area (Å²) in [5, 5.41) is 0. The summed E-state index contributed by atoms with van der Waals surface area (Å²) >= 11 is 0. The van der Waals surface area contributed by atoms with Gasteiger partial charge in [-0.25, -0.2) is 0 Å². The van der Waals surface area contributed by atoms with Crippen LogP contribution in [0, 0.1) is 39.9 Å². The zero-order valence-corrected chi connectivity index (χ0v) is 19.3. The van der Waals surface area contributed by atoms with E-state index >= 15 is 0 Å². The van der Waals surface area contributed by atoms with Crippen LogP contribution in [0.25, 0.3) is 0 Å². The van der Waals surface area contributed by atoms with E-state index in [4.69, 9.17) is 9.47 Å². The van der Waals surface area contributed by atoms with Gasteiger partial charge in [-0.15, -0.1) is 0 Å². The Morgan fingerprint density at radius 2 is 1.45 bits per heavy atom. The van der Waals surface area contributed by atoms with Gasteiger partial charge in [-0.1, -0.05) is 34.6 Å². The number of rotatable bonds is 6. The van der Waals surface area contributed by atoms with E-state index in [1.807, 2.05) is 0 Å². The molecular weight excluding hydrogens is 364 g/mol. The van der Waals surface area contributed by atoms with Gasteiger partial charge in [0.2, 0.25) is 0 Å². The fourth-order valence-electron chi connectivity index (χ4n) is 7.29. The van der Waals surface area contributed by atoms with Gasteiger partial charge in [0.1, 0.15) is 12.2 Å². The van der Waals surface area contributed by atoms with E-state index in [1.165, 1.54) is 32.1 Å². The van der Waals surface area contributed by atoms with Gasteiger partial charge in [-0.3, -0.25) is 9.59 Å². The summed E-state index contributed by atoms with van der Waals surface area (Å²) < 4.78 is 11.7. The summed E-state index contributed by atoms with van der Waals surface area (Å²) in [6.45, 7) is 13.1. The number of ether oxygens (including phenoxy) is 2. The molecule has 4 bridgehead atoms. The van der Waals surface area contributed by atoms with Crippen LogP contribution in [0.2, 0.25) is 0 Å². The molecule has 5 rings (SSSR count). The van der Waals surface area contributed by atoms with Crippen LogP contribution in [0.15, 0.2) is 0 Å². The first-order valence-electron chi connectivity index (χ1n) is 11.7. The molecule has 5 saturated carbocycles. The van der Waals surface area contributed by atoms with Gasteiger partial charge in [0, 0.05) is 0 Å². The van der Waals surface area contributed by atoms with E-state index in [1.54, 1.807) is 0 Å². The summed E-state index contributed by atoms with van der Waals surface area (Å²) in [5.74, 6) is 2.41. The van der Waals surface area contributed by atoms with Crippen molar-refractivity contribution in [1.29, 1.82) is 0 Å². The summed E-state index contributed by atoms with van der Waals surface area (Å²) in [6, 6.07) is 0. The fraction of sp³-hybridized carbons (Fsp3) is 0.920. The first kappa shape index (κ1) is 21.2. The SMILES string of the molecule is CC(C)(C)CC1(C(=O)OCCC(=O)OC2(C)C3CC4CC(C3)CC2C4)CC1(C)C. The van der Waals surface area contributed by atoms with Crippen molar-refractivity contribution in [2.24, 2.45) is 39.9 Å². The van der Waals surface area contributed by atoms with Gasteiger partial charge < -0.3 is 9.47 Å². The minimum absolute atomic E-state index is 0.0221. The monoisotopic (exact) mass is 404 g/mol. The Morgan fingerprint density at radius 1 is 0.931 bits per heavy atom. The highest BCUT2D eigenvalue weighted by molar-refractivity contribution is 5.82. The molecular formula is C25H40O4. The standard InChI is InChI=1S/C25H40O4/c1-22(2,3)14-25(15-23(25,4)5)21(27)28-8-7-20(26)29-24(6)18-10-16-9-17(12-18)13-19(24)11-16/h16-19H,7-15H2,1-6H3. The number of hydrogen-bond acceptors (Lipinski definition) is 4. The number of carbonyl (C=O) groups is 2. The molecule has 0 saturated heterocycles. The van der Waals surface area contributed by atoms with E-state index in [0.717, 1.165) is 24.7 Å². The van der Waals surface area contributed by atoms with Gasteiger partial charge in [0.15, 0.2) is 0 Å². The van der Waals surface area contributed by atoms with Crippen LogP contribution in [0.4, 0.5) is 0 Å². The van der Waals surface area contributed by atoms with Crippen LogP contribution in [0.5, 0.6) is 0 Å². The molecule has 4 heteroatoms. The molecule has 0 aromatic heterocycles. The van der Waals surface area contributed by atoms with Crippen molar-refractivity contribution in [2.45, 2.75) is 98.5 Å². The van der Waals surface area contributed by atoms with Crippen molar-refractivity contribution < 1.29 is 19.1 Å². The zero-order valence-electron chi connectivity index (χ0n) is 19.3. The summed E-state index contributed by atoms with van der Waals surface area (Å²) in [4.78, 5) is 25.5. The molecule has 5 aliphatic carbocycles. The second-order valence-corrected chi connectivity index (χ2v) is 12.7. The lowest BCUT2D eigenvalue weighted by Crippen LogP contribution is -2.58. The molecule has 1 unspecified atom stereocenters. The quantitative estimate of drug-likeness (QED) is 0.546. The first-order valence-corrected chi connectivity index (χ1v) is 11.7. The van der Waals surface area contributed by atoms with E-state index in [2.05, 4.69) is 41.5 Å².